The molecule has 140 valence electrons. The Morgan fingerprint density at radius 2 is 1.75 bits per heavy atom. The molecule has 1 atom stereocenters. The van der Waals surface area contributed by atoms with Gasteiger partial charge in [0.15, 0.2) is 5.96 Å². The van der Waals surface area contributed by atoms with Crippen molar-refractivity contribution in [3.63, 3.8) is 0 Å². The van der Waals surface area contributed by atoms with Gasteiger partial charge in [0.25, 0.3) is 0 Å². The van der Waals surface area contributed by atoms with E-state index >= 15 is 0 Å². The zero-order chi connectivity index (χ0) is 17.5. The Balaban J connectivity index is 1.80. The zero-order valence-electron chi connectivity index (χ0n) is 16.4. The summed E-state index contributed by atoms with van der Waals surface area (Å²) in [4.78, 5) is 12.5. The number of rotatable bonds is 8. The van der Waals surface area contributed by atoms with E-state index in [-0.39, 0.29) is 0 Å². The second-order valence-electron chi connectivity index (χ2n) is 7.56. The molecule has 0 amide bonds. The Bertz CT molecular complexity index is 379. The highest BCUT2D eigenvalue weighted by atomic mass is 15.3. The summed E-state index contributed by atoms with van der Waals surface area (Å²) in [7, 11) is 0. The van der Waals surface area contributed by atoms with Crippen LogP contribution in [0.5, 0.6) is 0 Å². The molecule has 3 heterocycles. The lowest BCUT2D eigenvalue weighted by molar-refractivity contribution is 0.0174. The van der Waals surface area contributed by atoms with Gasteiger partial charge in [-0.15, -0.1) is 0 Å². The maximum atomic E-state index is 4.85. The van der Waals surface area contributed by atoms with E-state index in [0.29, 0.717) is 18.1 Å². The van der Waals surface area contributed by atoms with Crippen LogP contribution in [0, 0.1) is 0 Å². The number of hydrogen-bond acceptors (Lipinski definition) is 4. The SMILES string of the molecule is CCNC(=NCC1CN2CCN1CC2)NCCN(C(C)C)C(C)C. The van der Waals surface area contributed by atoms with E-state index in [0.717, 1.165) is 32.1 Å². The van der Waals surface area contributed by atoms with Gasteiger partial charge in [-0.2, -0.15) is 0 Å². The highest BCUT2D eigenvalue weighted by Crippen LogP contribution is 2.15. The first-order valence-corrected chi connectivity index (χ1v) is 9.75. The Labute approximate surface area is 148 Å². The van der Waals surface area contributed by atoms with Crippen LogP contribution in [0.2, 0.25) is 0 Å². The van der Waals surface area contributed by atoms with Crippen LogP contribution in [-0.4, -0.2) is 97.7 Å². The summed E-state index contributed by atoms with van der Waals surface area (Å²) in [5.41, 5.74) is 0. The monoisotopic (exact) mass is 338 g/mol. The lowest BCUT2D eigenvalue weighted by Crippen LogP contribution is -2.62. The molecule has 0 saturated carbocycles. The molecule has 24 heavy (non-hydrogen) atoms. The average Bonchev–Trinajstić information content (AvgIpc) is 2.56. The first kappa shape index (κ1) is 19.5. The molecule has 3 saturated heterocycles. The molecule has 0 spiro atoms. The van der Waals surface area contributed by atoms with E-state index in [4.69, 9.17) is 4.99 Å². The van der Waals surface area contributed by atoms with E-state index in [1.54, 1.807) is 0 Å². The van der Waals surface area contributed by atoms with E-state index in [1.165, 1.54) is 32.7 Å². The van der Waals surface area contributed by atoms with Crippen molar-refractivity contribution in [3.8, 4) is 0 Å². The molecule has 2 bridgehead atoms. The van der Waals surface area contributed by atoms with Crippen molar-refractivity contribution in [1.29, 1.82) is 0 Å². The van der Waals surface area contributed by atoms with Gasteiger partial charge in [-0.3, -0.25) is 19.7 Å². The van der Waals surface area contributed by atoms with Gasteiger partial charge in [0.1, 0.15) is 0 Å². The van der Waals surface area contributed by atoms with Crippen molar-refractivity contribution in [1.82, 2.24) is 25.3 Å². The molecule has 6 nitrogen and oxygen atoms in total. The molecule has 1 unspecified atom stereocenters. The summed E-state index contributed by atoms with van der Waals surface area (Å²) < 4.78 is 0. The molecule has 0 aliphatic carbocycles. The number of nitrogens with one attached hydrogen (secondary N) is 2. The predicted molar refractivity (Wildman–Crippen MR) is 103 cm³/mol. The van der Waals surface area contributed by atoms with Gasteiger partial charge in [0, 0.05) is 70.5 Å². The van der Waals surface area contributed by atoms with Crippen LogP contribution in [-0.2, 0) is 0 Å². The minimum atomic E-state index is 0.575. The fourth-order valence-electron chi connectivity index (χ4n) is 3.85. The topological polar surface area (TPSA) is 46.1 Å². The number of hydrogen-bond donors (Lipinski definition) is 2. The number of aliphatic imine (C=N–C) groups is 1. The fourth-order valence-corrected chi connectivity index (χ4v) is 3.85. The number of nitrogens with zero attached hydrogens (tertiary/aromatic N) is 4. The van der Waals surface area contributed by atoms with Gasteiger partial charge < -0.3 is 10.6 Å². The molecule has 0 radical (unpaired) electrons. The standard InChI is InChI=1S/C18H38N6/c1-6-19-18(20-7-8-24(15(2)3)16(4)5)21-13-17-14-22-9-11-23(17)12-10-22/h15-17H,6-14H2,1-5H3,(H2,19,20,21). The van der Waals surface area contributed by atoms with Gasteiger partial charge in [-0.1, -0.05) is 0 Å². The molecule has 0 aromatic rings. The fraction of sp³-hybridized carbons (Fsp3) is 0.944. The van der Waals surface area contributed by atoms with Crippen LogP contribution in [0.3, 0.4) is 0 Å². The molecule has 3 aliphatic heterocycles. The van der Waals surface area contributed by atoms with Crippen molar-refractivity contribution in [3.05, 3.63) is 0 Å². The molecule has 3 aliphatic rings. The minimum Gasteiger partial charge on any atom is -0.357 e. The highest BCUT2D eigenvalue weighted by molar-refractivity contribution is 5.79. The molecule has 6 heteroatoms. The third-order valence-electron chi connectivity index (χ3n) is 5.19. The molecular formula is C18H38N6. The molecule has 0 aromatic carbocycles. The van der Waals surface area contributed by atoms with Crippen LogP contribution in [0.15, 0.2) is 4.99 Å². The predicted octanol–water partition coefficient (Wildman–Crippen LogP) is 0.660. The zero-order valence-corrected chi connectivity index (χ0v) is 16.4. The lowest BCUT2D eigenvalue weighted by atomic mass is 10.1. The van der Waals surface area contributed by atoms with E-state index in [9.17, 15) is 0 Å². The summed E-state index contributed by atoms with van der Waals surface area (Å²) in [5.74, 6) is 0.961. The first-order chi connectivity index (χ1) is 11.5. The van der Waals surface area contributed by atoms with Crippen molar-refractivity contribution in [2.75, 3.05) is 58.9 Å². The normalized spacial score (nSPS) is 27.3. The molecule has 0 aromatic heterocycles. The number of fused-ring (bicyclic) bond motifs is 3. The van der Waals surface area contributed by atoms with Gasteiger partial charge in [0.05, 0.1) is 6.54 Å². The maximum absolute atomic E-state index is 4.85. The van der Waals surface area contributed by atoms with Crippen molar-refractivity contribution < 1.29 is 0 Å². The number of piperazine rings is 3. The third-order valence-corrected chi connectivity index (χ3v) is 5.19. The Morgan fingerprint density at radius 1 is 1.08 bits per heavy atom. The molecule has 3 fully saturated rings. The average molecular weight is 339 g/mol. The van der Waals surface area contributed by atoms with Crippen molar-refractivity contribution >= 4 is 5.96 Å². The summed E-state index contributed by atoms with van der Waals surface area (Å²) >= 11 is 0. The molecule has 2 N–H and O–H groups in total. The summed E-state index contributed by atoms with van der Waals surface area (Å²) in [5, 5.41) is 6.90. The van der Waals surface area contributed by atoms with E-state index in [1.807, 2.05) is 0 Å². The lowest BCUT2D eigenvalue weighted by Gasteiger charge is -2.47. The molecular weight excluding hydrogens is 300 g/mol. The van der Waals surface area contributed by atoms with Gasteiger partial charge in [-0.25, -0.2) is 0 Å². The second-order valence-corrected chi connectivity index (χ2v) is 7.56. The van der Waals surface area contributed by atoms with Crippen LogP contribution in [0.1, 0.15) is 34.6 Å². The van der Waals surface area contributed by atoms with Crippen LogP contribution < -0.4 is 10.6 Å². The maximum Gasteiger partial charge on any atom is 0.191 e. The smallest absolute Gasteiger partial charge is 0.191 e. The van der Waals surface area contributed by atoms with Gasteiger partial charge in [-0.05, 0) is 34.6 Å². The number of guanidine groups is 1. The Hall–Kier alpha value is -0.850. The summed E-state index contributed by atoms with van der Waals surface area (Å²) in [6.07, 6.45) is 0. The van der Waals surface area contributed by atoms with Gasteiger partial charge in [0.2, 0.25) is 0 Å². The van der Waals surface area contributed by atoms with Gasteiger partial charge >= 0.3 is 0 Å². The third kappa shape index (κ3) is 5.60. The van der Waals surface area contributed by atoms with Crippen LogP contribution >= 0.6 is 0 Å². The quantitative estimate of drug-likeness (QED) is 0.503. The van der Waals surface area contributed by atoms with E-state index < -0.39 is 0 Å². The van der Waals surface area contributed by atoms with Crippen molar-refractivity contribution in [2.45, 2.75) is 52.7 Å². The van der Waals surface area contributed by atoms with Crippen LogP contribution in [0.4, 0.5) is 0 Å². The highest BCUT2D eigenvalue weighted by Gasteiger charge is 2.31. The van der Waals surface area contributed by atoms with Crippen LogP contribution in [0.25, 0.3) is 0 Å². The van der Waals surface area contributed by atoms with Crippen molar-refractivity contribution in [2.24, 2.45) is 4.99 Å². The Kier molecular flexibility index (Phi) is 7.78. The largest absolute Gasteiger partial charge is 0.357 e. The van der Waals surface area contributed by atoms with E-state index in [2.05, 4.69) is 60.0 Å². The Morgan fingerprint density at radius 3 is 2.25 bits per heavy atom. The minimum absolute atomic E-state index is 0.575. The summed E-state index contributed by atoms with van der Waals surface area (Å²) in [6.45, 7) is 21.0. The first-order valence-electron chi connectivity index (χ1n) is 9.75. The molecule has 3 rings (SSSR count). The second kappa shape index (κ2) is 9.59. The summed E-state index contributed by atoms with van der Waals surface area (Å²) in [6, 6.07) is 1.74.